The third kappa shape index (κ3) is 5.83. The van der Waals surface area contributed by atoms with Crippen LogP contribution in [-0.4, -0.2) is 43.8 Å². The van der Waals surface area contributed by atoms with Gasteiger partial charge in [0.2, 0.25) is 0 Å². The van der Waals surface area contributed by atoms with E-state index in [4.69, 9.17) is 9.47 Å². The summed E-state index contributed by atoms with van der Waals surface area (Å²) in [5.41, 5.74) is 0.824. The second-order valence-corrected chi connectivity index (χ2v) is 4.92. The maximum Gasteiger partial charge on any atom is 0.405 e. The van der Waals surface area contributed by atoms with Crippen molar-refractivity contribution in [2.24, 2.45) is 0 Å². The van der Waals surface area contributed by atoms with Crippen LogP contribution in [0.2, 0.25) is 0 Å². The molecule has 0 bridgehead atoms. The lowest BCUT2D eigenvalue weighted by Crippen LogP contribution is -2.44. The number of carbonyl (C=O) groups excluding carboxylic acids is 3. The Balaban J connectivity index is 1.79. The molecule has 1 aromatic carbocycles. The largest absolute Gasteiger partial charge is 0.488 e. The van der Waals surface area contributed by atoms with Crippen LogP contribution in [0.5, 0.6) is 5.75 Å². The predicted octanol–water partition coefficient (Wildman–Crippen LogP) is 1.39. The molecular weight excluding hydrogens is 345 g/mol. The average Bonchev–Trinajstić information content (AvgIpc) is 2.57. The van der Waals surface area contributed by atoms with Gasteiger partial charge in [-0.1, -0.05) is 18.2 Å². The van der Waals surface area contributed by atoms with E-state index in [0.29, 0.717) is 11.3 Å². The summed E-state index contributed by atoms with van der Waals surface area (Å²) in [5, 5.41) is 3.06. The highest BCUT2D eigenvalue weighted by molar-refractivity contribution is 5.98. The topological polar surface area (TPSA) is 93.7 Å². The first-order valence-electron chi connectivity index (χ1n) is 6.98. The Morgan fingerprint density at radius 3 is 2.64 bits per heavy atom. The van der Waals surface area contributed by atoms with E-state index in [0.717, 1.165) is 0 Å². The molecular formula is C15H13F3N2O5. The molecule has 0 aliphatic carbocycles. The second kappa shape index (κ2) is 7.69. The van der Waals surface area contributed by atoms with Crippen LogP contribution in [0.25, 0.3) is 6.08 Å². The number of benzene rings is 1. The number of para-hydroxylation sites is 1. The van der Waals surface area contributed by atoms with Crippen LogP contribution in [0.3, 0.4) is 0 Å². The molecule has 0 atom stereocenters. The Labute approximate surface area is 139 Å². The molecule has 0 aromatic heterocycles. The summed E-state index contributed by atoms with van der Waals surface area (Å²) in [4.78, 5) is 34.3. The van der Waals surface area contributed by atoms with Gasteiger partial charge in [0.25, 0.3) is 5.91 Å². The van der Waals surface area contributed by atoms with Crippen LogP contribution >= 0.6 is 0 Å². The van der Waals surface area contributed by atoms with Crippen molar-refractivity contribution >= 4 is 24.0 Å². The number of esters is 1. The van der Waals surface area contributed by atoms with Crippen molar-refractivity contribution in [1.82, 2.24) is 10.6 Å². The number of amides is 3. The van der Waals surface area contributed by atoms with E-state index in [1.807, 2.05) is 0 Å². The number of carbonyl (C=O) groups is 3. The predicted molar refractivity (Wildman–Crippen MR) is 78.5 cm³/mol. The standard InChI is InChI=1S/C15H13F3N2O5/c16-15(17,18)8-19-14(23)20-12(21)7-25-13(22)10-5-9-3-1-2-4-11(9)24-6-10/h1-5H,6-8H2,(H2,19,20,21,23). The van der Waals surface area contributed by atoms with Gasteiger partial charge in [0.1, 0.15) is 18.9 Å². The number of imide groups is 1. The average molecular weight is 358 g/mol. The molecule has 25 heavy (non-hydrogen) atoms. The monoisotopic (exact) mass is 358 g/mol. The smallest absolute Gasteiger partial charge is 0.405 e. The Morgan fingerprint density at radius 1 is 1.20 bits per heavy atom. The fourth-order valence-corrected chi connectivity index (χ4v) is 1.85. The Bertz CT molecular complexity index is 715. The molecule has 0 unspecified atom stereocenters. The third-order valence-corrected chi connectivity index (χ3v) is 2.93. The van der Waals surface area contributed by atoms with Crippen molar-refractivity contribution in [1.29, 1.82) is 0 Å². The van der Waals surface area contributed by atoms with E-state index >= 15 is 0 Å². The highest BCUT2D eigenvalue weighted by Crippen LogP contribution is 2.25. The summed E-state index contributed by atoms with van der Waals surface area (Å²) in [6, 6.07) is 5.62. The Hall–Kier alpha value is -3.04. The van der Waals surface area contributed by atoms with E-state index in [9.17, 15) is 27.6 Å². The van der Waals surface area contributed by atoms with E-state index in [-0.39, 0.29) is 12.2 Å². The minimum absolute atomic E-state index is 0.0520. The SMILES string of the molecule is O=C(COC(=O)C1=Cc2ccccc2OC1)NC(=O)NCC(F)(F)F. The number of ether oxygens (including phenoxy) is 2. The highest BCUT2D eigenvalue weighted by Gasteiger charge is 2.28. The molecule has 1 aliphatic heterocycles. The normalized spacial score (nSPS) is 13.0. The van der Waals surface area contributed by atoms with Gasteiger partial charge in [-0.15, -0.1) is 0 Å². The number of hydrogen-bond acceptors (Lipinski definition) is 5. The van der Waals surface area contributed by atoms with Gasteiger partial charge in [-0.25, -0.2) is 9.59 Å². The summed E-state index contributed by atoms with van der Waals surface area (Å²) in [7, 11) is 0. The van der Waals surface area contributed by atoms with Crippen LogP contribution in [0.1, 0.15) is 5.56 Å². The van der Waals surface area contributed by atoms with Crippen LogP contribution in [0, 0.1) is 0 Å². The van der Waals surface area contributed by atoms with Gasteiger partial charge >= 0.3 is 18.2 Å². The Morgan fingerprint density at radius 2 is 1.92 bits per heavy atom. The van der Waals surface area contributed by atoms with E-state index in [2.05, 4.69) is 0 Å². The molecule has 10 heteroatoms. The molecule has 2 rings (SSSR count). The van der Waals surface area contributed by atoms with Gasteiger partial charge < -0.3 is 14.8 Å². The lowest BCUT2D eigenvalue weighted by molar-refractivity contribution is -0.144. The third-order valence-electron chi connectivity index (χ3n) is 2.93. The zero-order valence-electron chi connectivity index (χ0n) is 12.7. The summed E-state index contributed by atoms with van der Waals surface area (Å²) < 4.78 is 45.8. The van der Waals surface area contributed by atoms with Gasteiger partial charge in [-0.05, 0) is 12.1 Å². The molecule has 0 fully saturated rings. The van der Waals surface area contributed by atoms with Crippen molar-refractivity contribution in [3.05, 3.63) is 35.4 Å². The zero-order valence-corrected chi connectivity index (χ0v) is 12.7. The van der Waals surface area contributed by atoms with Crippen molar-refractivity contribution in [2.45, 2.75) is 6.18 Å². The number of urea groups is 1. The lowest BCUT2D eigenvalue weighted by Gasteiger charge is -2.16. The minimum Gasteiger partial charge on any atom is -0.488 e. The Kier molecular flexibility index (Phi) is 5.63. The number of nitrogens with one attached hydrogen (secondary N) is 2. The molecule has 3 amide bonds. The first-order valence-corrected chi connectivity index (χ1v) is 6.98. The highest BCUT2D eigenvalue weighted by atomic mass is 19.4. The number of fused-ring (bicyclic) bond motifs is 1. The summed E-state index contributed by atoms with van der Waals surface area (Å²) >= 11 is 0. The number of alkyl halides is 3. The maximum absolute atomic E-state index is 11.9. The van der Waals surface area contributed by atoms with Gasteiger partial charge in [-0.3, -0.25) is 10.1 Å². The minimum atomic E-state index is -4.60. The molecule has 1 heterocycles. The first kappa shape index (κ1) is 18.3. The molecule has 1 aliphatic rings. The molecule has 0 spiro atoms. The zero-order chi connectivity index (χ0) is 18.4. The quantitative estimate of drug-likeness (QED) is 0.794. The molecule has 2 N–H and O–H groups in total. The van der Waals surface area contributed by atoms with Gasteiger partial charge in [0, 0.05) is 5.56 Å². The maximum atomic E-state index is 11.9. The molecule has 0 radical (unpaired) electrons. The fraction of sp³-hybridized carbons (Fsp3) is 0.267. The molecule has 0 saturated carbocycles. The van der Waals surface area contributed by atoms with Crippen LogP contribution < -0.4 is 15.4 Å². The van der Waals surface area contributed by atoms with Gasteiger partial charge in [-0.2, -0.15) is 13.2 Å². The van der Waals surface area contributed by atoms with E-state index in [1.165, 1.54) is 11.4 Å². The second-order valence-electron chi connectivity index (χ2n) is 4.92. The number of halogens is 3. The van der Waals surface area contributed by atoms with E-state index in [1.54, 1.807) is 29.6 Å². The van der Waals surface area contributed by atoms with Gasteiger partial charge in [0.05, 0.1) is 5.57 Å². The van der Waals surface area contributed by atoms with Crippen LogP contribution in [-0.2, 0) is 14.3 Å². The summed E-state index contributed by atoms with van der Waals surface area (Å²) in [5.74, 6) is -1.30. The first-order chi connectivity index (χ1) is 11.7. The summed E-state index contributed by atoms with van der Waals surface area (Å²) in [6.07, 6.45) is -3.06. The van der Waals surface area contributed by atoms with Crippen molar-refractivity contribution in [2.75, 3.05) is 19.8 Å². The summed E-state index contributed by atoms with van der Waals surface area (Å²) in [6.45, 7) is -2.46. The molecule has 7 nitrogen and oxygen atoms in total. The van der Waals surface area contributed by atoms with Crippen molar-refractivity contribution in [3.63, 3.8) is 0 Å². The van der Waals surface area contributed by atoms with Crippen LogP contribution in [0.15, 0.2) is 29.8 Å². The fourth-order valence-electron chi connectivity index (χ4n) is 1.85. The molecule has 1 aromatic rings. The van der Waals surface area contributed by atoms with Crippen molar-refractivity contribution in [3.8, 4) is 5.75 Å². The molecule has 0 saturated heterocycles. The van der Waals surface area contributed by atoms with Crippen molar-refractivity contribution < 1.29 is 37.0 Å². The number of rotatable bonds is 4. The van der Waals surface area contributed by atoms with Gasteiger partial charge in [0.15, 0.2) is 6.61 Å². The van der Waals surface area contributed by atoms with Crippen LogP contribution in [0.4, 0.5) is 18.0 Å². The lowest BCUT2D eigenvalue weighted by atomic mass is 10.1. The molecule has 134 valence electrons. The van der Waals surface area contributed by atoms with E-state index < -0.39 is 37.2 Å². The number of hydrogen-bond donors (Lipinski definition) is 2.